The van der Waals surface area contributed by atoms with Crippen LogP contribution in [0, 0.1) is 5.82 Å². The first-order valence-electron chi connectivity index (χ1n) is 9.90. The van der Waals surface area contributed by atoms with Crippen molar-refractivity contribution in [2.75, 3.05) is 18.1 Å². The van der Waals surface area contributed by atoms with Gasteiger partial charge in [-0.3, -0.25) is 9.69 Å². The van der Waals surface area contributed by atoms with E-state index in [0.717, 1.165) is 0 Å². The van der Waals surface area contributed by atoms with Crippen LogP contribution in [0.15, 0.2) is 61.2 Å². The van der Waals surface area contributed by atoms with E-state index < -0.39 is 11.9 Å². The lowest BCUT2D eigenvalue weighted by molar-refractivity contribution is -0.127. The van der Waals surface area contributed by atoms with Crippen molar-refractivity contribution < 1.29 is 18.7 Å². The number of para-hydroxylation sites is 3. The molecule has 0 N–H and O–H groups in total. The summed E-state index contributed by atoms with van der Waals surface area (Å²) in [5, 5.41) is 0.443. The van der Waals surface area contributed by atoms with Gasteiger partial charge in [0.2, 0.25) is 6.10 Å². The molecule has 0 aliphatic carbocycles. The van der Waals surface area contributed by atoms with Crippen molar-refractivity contribution in [2.24, 2.45) is 0 Å². The van der Waals surface area contributed by atoms with Gasteiger partial charge in [0.1, 0.15) is 17.9 Å². The van der Waals surface area contributed by atoms with Gasteiger partial charge in [0, 0.05) is 25.5 Å². The molecule has 1 amide bonds. The highest BCUT2D eigenvalue weighted by atomic mass is 32.1. The van der Waals surface area contributed by atoms with Crippen LogP contribution in [-0.4, -0.2) is 39.7 Å². The second-order valence-corrected chi connectivity index (χ2v) is 8.10. The smallest absolute Gasteiger partial charge is 0.273 e. The van der Waals surface area contributed by atoms with Crippen LogP contribution < -0.4 is 14.4 Å². The van der Waals surface area contributed by atoms with Crippen molar-refractivity contribution >= 4 is 32.6 Å². The van der Waals surface area contributed by atoms with Gasteiger partial charge in [0.05, 0.1) is 11.0 Å². The summed E-state index contributed by atoms with van der Waals surface area (Å²) in [5.74, 6) is 0.470. The number of fused-ring (bicyclic) bond motifs is 2. The average molecular weight is 438 g/mol. The Bertz CT molecular complexity index is 1210. The predicted octanol–water partition coefficient (Wildman–Crippen LogP) is 3.90. The second kappa shape index (κ2) is 8.35. The fraction of sp³-hybridized carbons (Fsp3) is 0.227. The monoisotopic (exact) mass is 438 g/mol. The first kappa shape index (κ1) is 19.5. The van der Waals surface area contributed by atoms with Crippen LogP contribution in [0.2, 0.25) is 0 Å². The van der Waals surface area contributed by atoms with Crippen LogP contribution in [0.4, 0.5) is 9.52 Å². The highest BCUT2D eigenvalue weighted by Gasteiger charge is 2.33. The molecular weight excluding hydrogens is 419 g/mol. The SMILES string of the molecule is O=C(C1COc2ccccc2O1)N(CCCn1ccnc1)c1nc2c(F)cccc2s1. The summed E-state index contributed by atoms with van der Waals surface area (Å²) in [6.07, 6.45) is 5.18. The molecule has 3 heterocycles. The summed E-state index contributed by atoms with van der Waals surface area (Å²) >= 11 is 1.28. The van der Waals surface area contributed by atoms with Crippen LogP contribution in [-0.2, 0) is 11.3 Å². The number of thiazole rings is 1. The minimum atomic E-state index is -0.806. The van der Waals surface area contributed by atoms with Gasteiger partial charge < -0.3 is 14.0 Å². The van der Waals surface area contributed by atoms with Gasteiger partial charge in [0.25, 0.3) is 5.91 Å². The lowest BCUT2D eigenvalue weighted by Crippen LogP contribution is -2.47. The molecule has 7 nitrogen and oxygen atoms in total. The molecule has 0 fully saturated rings. The Morgan fingerprint density at radius 1 is 1.23 bits per heavy atom. The largest absolute Gasteiger partial charge is 0.485 e. The van der Waals surface area contributed by atoms with Gasteiger partial charge in [0.15, 0.2) is 16.6 Å². The Morgan fingerprint density at radius 2 is 2.10 bits per heavy atom. The zero-order valence-corrected chi connectivity index (χ0v) is 17.3. The van der Waals surface area contributed by atoms with Crippen LogP contribution in [0.5, 0.6) is 11.5 Å². The number of anilines is 1. The fourth-order valence-electron chi connectivity index (χ4n) is 3.46. The van der Waals surface area contributed by atoms with E-state index in [1.165, 1.54) is 17.4 Å². The highest BCUT2D eigenvalue weighted by molar-refractivity contribution is 7.22. The number of amides is 1. The molecule has 4 aromatic rings. The van der Waals surface area contributed by atoms with Crippen molar-refractivity contribution in [3.8, 4) is 11.5 Å². The Balaban J connectivity index is 1.41. The minimum absolute atomic E-state index is 0.104. The van der Waals surface area contributed by atoms with Crippen LogP contribution >= 0.6 is 11.3 Å². The van der Waals surface area contributed by atoms with E-state index in [2.05, 4.69) is 9.97 Å². The molecule has 158 valence electrons. The summed E-state index contributed by atoms with van der Waals surface area (Å²) in [7, 11) is 0. The van der Waals surface area contributed by atoms with Crippen molar-refractivity contribution in [3.63, 3.8) is 0 Å². The van der Waals surface area contributed by atoms with Crippen LogP contribution in [0.1, 0.15) is 6.42 Å². The van der Waals surface area contributed by atoms with Gasteiger partial charge in [-0.05, 0) is 30.7 Å². The number of aryl methyl sites for hydroxylation is 1. The van der Waals surface area contributed by atoms with Gasteiger partial charge >= 0.3 is 0 Å². The molecule has 0 spiro atoms. The molecule has 0 saturated carbocycles. The molecule has 1 aliphatic rings. The third-order valence-corrected chi connectivity index (χ3v) is 6.04. The van der Waals surface area contributed by atoms with Crippen molar-refractivity contribution in [1.29, 1.82) is 0 Å². The maximum atomic E-state index is 14.2. The number of hydrogen-bond donors (Lipinski definition) is 0. The number of halogens is 1. The topological polar surface area (TPSA) is 69.5 Å². The summed E-state index contributed by atoms with van der Waals surface area (Å²) in [4.78, 5) is 23.5. The molecular formula is C22H19FN4O3S. The quantitative estimate of drug-likeness (QED) is 0.457. The molecule has 31 heavy (non-hydrogen) atoms. The Labute approximate surface area is 181 Å². The number of hydrogen-bond acceptors (Lipinski definition) is 6. The second-order valence-electron chi connectivity index (χ2n) is 7.09. The van der Waals surface area contributed by atoms with E-state index in [9.17, 15) is 9.18 Å². The van der Waals surface area contributed by atoms with E-state index in [4.69, 9.17) is 9.47 Å². The maximum Gasteiger partial charge on any atom is 0.273 e. The third-order valence-electron chi connectivity index (χ3n) is 5.00. The van der Waals surface area contributed by atoms with Gasteiger partial charge in [-0.1, -0.05) is 29.5 Å². The molecule has 2 aromatic carbocycles. The fourth-order valence-corrected chi connectivity index (χ4v) is 4.48. The number of nitrogens with zero attached hydrogens (tertiary/aromatic N) is 4. The molecule has 1 aliphatic heterocycles. The standard InChI is InChI=1S/C22H19FN4O3S/c23-15-5-3-8-19-20(15)25-22(31-19)27(11-4-10-26-12-9-24-14-26)21(28)18-13-29-16-6-1-2-7-17(16)30-18/h1-3,5-9,12,14,18H,4,10-11,13H2. The van der Waals surface area contributed by atoms with E-state index in [0.29, 0.717) is 40.8 Å². The van der Waals surface area contributed by atoms with Gasteiger partial charge in [-0.25, -0.2) is 14.4 Å². The third kappa shape index (κ3) is 3.96. The van der Waals surface area contributed by atoms with E-state index >= 15 is 0 Å². The lowest BCUT2D eigenvalue weighted by Gasteiger charge is -2.29. The molecule has 2 aromatic heterocycles. The molecule has 0 bridgehead atoms. The Hall–Kier alpha value is -3.46. The number of ether oxygens (including phenoxy) is 2. The summed E-state index contributed by atoms with van der Waals surface area (Å²) < 4.78 is 28.5. The summed E-state index contributed by atoms with van der Waals surface area (Å²) in [6.45, 7) is 1.20. The number of aromatic nitrogens is 3. The number of carbonyl (C=O) groups excluding carboxylic acids is 1. The van der Waals surface area contributed by atoms with Crippen molar-refractivity contribution in [2.45, 2.75) is 19.1 Å². The first-order chi connectivity index (χ1) is 15.2. The zero-order chi connectivity index (χ0) is 21.2. The lowest BCUT2D eigenvalue weighted by atomic mass is 10.2. The molecule has 0 saturated heterocycles. The number of imidazole rings is 1. The Kier molecular flexibility index (Phi) is 5.25. The molecule has 0 radical (unpaired) electrons. The van der Waals surface area contributed by atoms with Gasteiger partial charge in [-0.2, -0.15) is 0 Å². The highest BCUT2D eigenvalue weighted by Crippen LogP contribution is 2.34. The maximum absolute atomic E-state index is 14.2. The van der Waals surface area contributed by atoms with Crippen molar-refractivity contribution in [3.05, 3.63) is 67.0 Å². The van der Waals surface area contributed by atoms with E-state index in [-0.39, 0.29) is 18.0 Å². The Morgan fingerprint density at radius 3 is 2.90 bits per heavy atom. The molecule has 1 atom stereocenters. The zero-order valence-electron chi connectivity index (χ0n) is 16.5. The number of rotatable bonds is 6. The number of benzene rings is 2. The van der Waals surface area contributed by atoms with Crippen LogP contribution in [0.3, 0.4) is 0 Å². The normalized spacial score (nSPS) is 15.2. The van der Waals surface area contributed by atoms with Crippen LogP contribution in [0.25, 0.3) is 10.2 Å². The summed E-state index contributed by atoms with van der Waals surface area (Å²) in [5.41, 5.74) is 0.265. The number of carbonyl (C=O) groups is 1. The summed E-state index contributed by atoms with van der Waals surface area (Å²) in [6, 6.07) is 12.0. The molecule has 5 rings (SSSR count). The van der Waals surface area contributed by atoms with Gasteiger partial charge in [-0.15, -0.1) is 0 Å². The van der Waals surface area contributed by atoms with Crippen molar-refractivity contribution in [1.82, 2.24) is 14.5 Å². The van der Waals surface area contributed by atoms with E-state index in [1.54, 1.807) is 41.7 Å². The average Bonchev–Trinajstić information content (AvgIpc) is 3.46. The minimum Gasteiger partial charge on any atom is -0.485 e. The first-order valence-corrected chi connectivity index (χ1v) is 10.7. The molecule has 9 heteroatoms. The molecule has 1 unspecified atom stereocenters. The van der Waals surface area contributed by atoms with E-state index in [1.807, 2.05) is 22.9 Å². The predicted molar refractivity (Wildman–Crippen MR) is 115 cm³/mol.